The molecule has 0 bridgehead atoms. The normalized spacial score (nSPS) is 9.93. The molecule has 0 aliphatic rings. The lowest BCUT2D eigenvalue weighted by Gasteiger charge is -1.97. The first-order valence-corrected chi connectivity index (χ1v) is 5.12. The SMILES string of the molecule is C=CCCn1cc(CNC(=O)CCl)nn1. The number of aryl methyl sites for hydroxylation is 1. The van der Waals surface area contributed by atoms with E-state index in [1.165, 1.54) is 0 Å². The molecule has 0 aliphatic heterocycles. The highest BCUT2D eigenvalue weighted by Gasteiger charge is 2.02. The summed E-state index contributed by atoms with van der Waals surface area (Å²) in [6.07, 6.45) is 4.45. The average Bonchev–Trinajstić information content (AvgIpc) is 2.71. The van der Waals surface area contributed by atoms with Gasteiger partial charge in [-0.1, -0.05) is 11.3 Å². The Bertz CT molecular complexity index is 337. The van der Waals surface area contributed by atoms with Crippen LogP contribution in [0.25, 0.3) is 0 Å². The van der Waals surface area contributed by atoms with Gasteiger partial charge in [0.25, 0.3) is 0 Å². The second-order valence-electron chi connectivity index (χ2n) is 2.96. The number of hydrogen-bond donors (Lipinski definition) is 1. The number of aromatic nitrogens is 3. The van der Waals surface area contributed by atoms with Crippen molar-refractivity contribution in [1.82, 2.24) is 20.3 Å². The molecular weight excluding hydrogens is 216 g/mol. The van der Waals surface area contributed by atoms with Crippen LogP contribution in [-0.4, -0.2) is 26.8 Å². The average molecular weight is 229 g/mol. The van der Waals surface area contributed by atoms with Crippen LogP contribution in [0.5, 0.6) is 0 Å². The smallest absolute Gasteiger partial charge is 0.235 e. The number of rotatable bonds is 6. The van der Waals surface area contributed by atoms with Gasteiger partial charge in [0, 0.05) is 6.54 Å². The lowest BCUT2D eigenvalue weighted by molar-refractivity contribution is -0.118. The number of carbonyl (C=O) groups excluding carboxylic acids is 1. The first-order valence-electron chi connectivity index (χ1n) is 4.59. The lowest BCUT2D eigenvalue weighted by atomic mass is 10.4. The summed E-state index contributed by atoms with van der Waals surface area (Å²) in [6.45, 7) is 4.73. The highest BCUT2D eigenvalue weighted by molar-refractivity contribution is 6.27. The summed E-state index contributed by atoms with van der Waals surface area (Å²) >= 11 is 5.33. The van der Waals surface area contributed by atoms with E-state index in [-0.39, 0.29) is 11.8 Å². The third-order valence-electron chi connectivity index (χ3n) is 1.74. The van der Waals surface area contributed by atoms with Gasteiger partial charge >= 0.3 is 0 Å². The van der Waals surface area contributed by atoms with E-state index in [1.54, 1.807) is 10.9 Å². The molecule has 1 amide bonds. The third-order valence-corrected chi connectivity index (χ3v) is 1.98. The summed E-state index contributed by atoms with van der Waals surface area (Å²) < 4.78 is 1.71. The van der Waals surface area contributed by atoms with Gasteiger partial charge in [0.2, 0.25) is 5.91 Å². The van der Waals surface area contributed by atoms with Crippen molar-refractivity contribution in [3.05, 3.63) is 24.5 Å². The maximum Gasteiger partial charge on any atom is 0.235 e. The molecule has 0 saturated carbocycles. The Hall–Kier alpha value is -1.36. The van der Waals surface area contributed by atoms with Crippen LogP contribution >= 0.6 is 11.6 Å². The van der Waals surface area contributed by atoms with Gasteiger partial charge in [-0.05, 0) is 6.42 Å². The van der Waals surface area contributed by atoms with Crippen molar-refractivity contribution in [2.45, 2.75) is 19.5 Å². The number of halogens is 1. The molecule has 6 heteroatoms. The van der Waals surface area contributed by atoms with E-state index in [0.717, 1.165) is 18.7 Å². The molecule has 0 spiro atoms. The summed E-state index contributed by atoms with van der Waals surface area (Å²) in [5, 5.41) is 10.4. The zero-order chi connectivity index (χ0) is 11.1. The van der Waals surface area contributed by atoms with Gasteiger partial charge in [0.05, 0.1) is 12.7 Å². The van der Waals surface area contributed by atoms with Gasteiger partial charge in [-0.25, -0.2) is 0 Å². The highest BCUT2D eigenvalue weighted by atomic mass is 35.5. The molecule has 1 N–H and O–H groups in total. The Kier molecular flexibility index (Phi) is 4.83. The highest BCUT2D eigenvalue weighted by Crippen LogP contribution is 1.94. The largest absolute Gasteiger partial charge is 0.349 e. The standard InChI is InChI=1S/C9H13ClN4O/c1-2-3-4-14-7-8(12-13-14)6-11-9(15)5-10/h2,7H,1,3-6H2,(H,11,15). The molecule has 1 aromatic heterocycles. The Labute approximate surface area is 93.1 Å². The van der Waals surface area contributed by atoms with E-state index in [1.807, 2.05) is 6.08 Å². The van der Waals surface area contributed by atoms with E-state index in [9.17, 15) is 4.79 Å². The number of alkyl halides is 1. The summed E-state index contributed by atoms with van der Waals surface area (Å²) in [5.74, 6) is -0.248. The maximum atomic E-state index is 10.9. The van der Waals surface area contributed by atoms with Crippen LogP contribution < -0.4 is 5.32 Å². The van der Waals surface area contributed by atoms with Crippen molar-refractivity contribution in [2.24, 2.45) is 0 Å². The van der Waals surface area contributed by atoms with Crippen molar-refractivity contribution < 1.29 is 4.79 Å². The summed E-state index contributed by atoms with van der Waals surface area (Å²) in [4.78, 5) is 10.9. The van der Waals surface area contributed by atoms with Gasteiger partial charge in [-0.2, -0.15) is 0 Å². The Balaban J connectivity index is 2.38. The molecule has 0 radical (unpaired) electrons. The molecule has 1 aromatic rings. The number of hydrogen-bond acceptors (Lipinski definition) is 3. The van der Waals surface area contributed by atoms with E-state index in [2.05, 4.69) is 22.2 Å². The third kappa shape index (κ3) is 4.12. The zero-order valence-electron chi connectivity index (χ0n) is 8.32. The van der Waals surface area contributed by atoms with Crippen LogP contribution in [0.1, 0.15) is 12.1 Å². The van der Waals surface area contributed by atoms with E-state index >= 15 is 0 Å². The predicted octanol–water partition coefficient (Wildman–Crippen LogP) is 0.709. The van der Waals surface area contributed by atoms with Crippen molar-refractivity contribution in [1.29, 1.82) is 0 Å². The van der Waals surface area contributed by atoms with Crippen molar-refractivity contribution in [3.63, 3.8) is 0 Å². The maximum absolute atomic E-state index is 10.9. The number of carbonyl (C=O) groups is 1. The fourth-order valence-corrected chi connectivity index (χ4v) is 1.08. The Morgan fingerprint density at radius 1 is 1.73 bits per heavy atom. The van der Waals surface area contributed by atoms with Crippen LogP contribution in [0, 0.1) is 0 Å². The molecule has 0 saturated heterocycles. The first-order chi connectivity index (χ1) is 7.26. The fourth-order valence-electron chi connectivity index (χ4n) is 0.989. The quantitative estimate of drug-likeness (QED) is 0.576. The molecule has 0 fully saturated rings. The Morgan fingerprint density at radius 3 is 3.20 bits per heavy atom. The summed E-state index contributed by atoms with van der Waals surface area (Å²) in [6, 6.07) is 0. The number of nitrogens with one attached hydrogen (secondary N) is 1. The minimum absolute atomic E-state index is 0.0371. The van der Waals surface area contributed by atoms with E-state index < -0.39 is 0 Å². The number of allylic oxidation sites excluding steroid dienone is 1. The zero-order valence-corrected chi connectivity index (χ0v) is 9.07. The van der Waals surface area contributed by atoms with E-state index in [0.29, 0.717) is 6.54 Å². The molecule has 15 heavy (non-hydrogen) atoms. The molecule has 5 nitrogen and oxygen atoms in total. The van der Waals surface area contributed by atoms with Gasteiger partial charge in [-0.3, -0.25) is 9.48 Å². The number of nitrogens with zero attached hydrogens (tertiary/aromatic N) is 3. The minimum Gasteiger partial charge on any atom is -0.349 e. The second-order valence-corrected chi connectivity index (χ2v) is 3.23. The number of amides is 1. The molecule has 82 valence electrons. The van der Waals surface area contributed by atoms with Crippen molar-refractivity contribution in [2.75, 3.05) is 5.88 Å². The molecular formula is C9H13ClN4O. The molecule has 1 rings (SSSR count). The molecule has 1 heterocycles. The molecule has 0 atom stereocenters. The van der Waals surface area contributed by atoms with Gasteiger partial charge in [-0.15, -0.1) is 23.3 Å². The molecule has 0 unspecified atom stereocenters. The van der Waals surface area contributed by atoms with Crippen LogP contribution in [0.4, 0.5) is 0 Å². The van der Waals surface area contributed by atoms with Crippen LogP contribution in [0.2, 0.25) is 0 Å². The van der Waals surface area contributed by atoms with Gasteiger partial charge < -0.3 is 5.32 Å². The second kappa shape index (κ2) is 6.19. The lowest BCUT2D eigenvalue weighted by Crippen LogP contribution is -2.23. The molecule has 0 aliphatic carbocycles. The monoisotopic (exact) mass is 228 g/mol. The predicted molar refractivity (Wildman–Crippen MR) is 57.4 cm³/mol. The topological polar surface area (TPSA) is 59.8 Å². The van der Waals surface area contributed by atoms with Gasteiger partial charge in [0.15, 0.2) is 0 Å². The van der Waals surface area contributed by atoms with Crippen LogP contribution in [0.15, 0.2) is 18.9 Å². The first kappa shape index (κ1) is 11.7. The molecule has 0 aromatic carbocycles. The Morgan fingerprint density at radius 2 is 2.53 bits per heavy atom. The van der Waals surface area contributed by atoms with Crippen LogP contribution in [0.3, 0.4) is 0 Å². The van der Waals surface area contributed by atoms with E-state index in [4.69, 9.17) is 11.6 Å². The van der Waals surface area contributed by atoms with Gasteiger partial charge in [0.1, 0.15) is 11.6 Å². The van der Waals surface area contributed by atoms with Crippen LogP contribution in [-0.2, 0) is 17.9 Å². The fraction of sp³-hybridized carbons (Fsp3) is 0.444. The van der Waals surface area contributed by atoms with Crippen molar-refractivity contribution in [3.8, 4) is 0 Å². The minimum atomic E-state index is -0.211. The van der Waals surface area contributed by atoms with Crippen molar-refractivity contribution >= 4 is 17.5 Å². The summed E-state index contributed by atoms with van der Waals surface area (Å²) in [5.41, 5.74) is 0.720. The summed E-state index contributed by atoms with van der Waals surface area (Å²) in [7, 11) is 0.